The Morgan fingerprint density at radius 1 is 1.25 bits per heavy atom. The summed E-state index contributed by atoms with van der Waals surface area (Å²) in [6.45, 7) is 12.9. The van der Waals surface area contributed by atoms with Crippen LogP contribution in [0.2, 0.25) is 5.02 Å². The molecule has 1 amide bonds. The molecule has 1 saturated heterocycles. The average Bonchev–Trinajstić information content (AvgIpc) is 3.50. The van der Waals surface area contributed by atoms with Crippen molar-refractivity contribution in [1.82, 2.24) is 14.9 Å². The van der Waals surface area contributed by atoms with Gasteiger partial charge in [-0.25, -0.2) is 13.2 Å². The van der Waals surface area contributed by atoms with Gasteiger partial charge in [-0.3, -0.25) is 4.79 Å². The van der Waals surface area contributed by atoms with E-state index in [4.69, 9.17) is 21.2 Å². The number of aromatic nitrogens is 2. The number of amides is 1. The fourth-order valence-electron chi connectivity index (χ4n) is 5.95. The first-order chi connectivity index (χ1) is 24.6. The van der Waals surface area contributed by atoms with E-state index in [1.54, 1.807) is 17.0 Å². The molecule has 52 heavy (non-hydrogen) atoms. The van der Waals surface area contributed by atoms with Gasteiger partial charge in [0.05, 0.1) is 28.1 Å². The Labute approximate surface area is 310 Å². The maximum Gasteiger partial charge on any atom is 0.318 e. The number of thiophene rings is 1. The van der Waals surface area contributed by atoms with Crippen molar-refractivity contribution in [2.24, 2.45) is 5.16 Å². The summed E-state index contributed by atoms with van der Waals surface area (Å²) in [5.74, 6) is -0.907. The van der Waals surface area contributed by atoms with Gasteiger partial charge in [0, 0.05) is 53.0 Å². The number of alkyl halides is 1. The predicted molar refractivity (Wildman–Crippen MR) is 201 cm³/mol. The number of oxime groups is 1. The molecule has 0 saturated carbocycles. The molecule has 5 rings (SSSR count). The lowest BCUT2D eigenvalue weighted by atomic mass is 9.95. The topological polar surface area (TPSA) is 104 Å². The zero-order valence-electron chi connectivity index (χ0n) is 30.3. The fourth-order valence-corrected chi connectivity index (χ4v) is 7.43. The number of carbonyl (C=O) groups is 1. The number of hydrogen-bond acceptors (Lipinski definition) is 9. The lowest BCUT2D eigenvalue weighted by molar-refractivity contribution is -0.128. The molecule has 1 aliphatic rings. The number of ether oxygens (including phenoxy) is 1. The number of methoxy groups -OCH3 is 1. The zero-order valence-corrected chi connectivity index (χ0v) is 31.8. The second kappa shape index (κ2) is 15.5. The number of fused-ring (bicyclic) bond motifs is 2. The lowest BCUT2D eigenvalue weighted by Crippen LogP contribution is -2.54. The summed E-state index contributed by atoms with van der Waals surface area (Å²) >= 11 is 8.02. The third-order valence-electron chi connectivity index (χ3n) is 8.90. The Balaban J connectivity index is 1.48. The molecule has 2 aromatic heterocycles. The minimum atomic E-state index is -1.65. The van der Waals surface area contributed by atoms with E-state index in [2.05, 4.69) is 21.2 Å². The van der Waals surface area contributed by atoms with Crippen LogP contribution >= 0.6 is 22.9 Å². The molecule has 274 valence electrons. The highest BCUT2D eigenvalue weighted by molar-refractivity contribution is 7.19. The quantitative estimate of drug-likeness (QED) is 0.0523. The van der Waals surface area contributed by atoms with Gasteiger partial charge in [-0.05, 0) is 69.9 Å². The summed E-state index contributed by atoms with van der Waals surface area (Å²) in [6.07, 6.45) is 5.24. The maximum absolute atomic E-state index is 16.8. The van der Waals surface area contributed by atoms with Crippen molar-refractivity contribution in [3.63, 3.8) is 0 Å². The molecule has 1 fully saturated rings. The number of carbonyl (C=O) groups excluding carboxylic acids is 1. The summed E-state index contributed by atoms with van der Waals surface area (Å²) in [5, 5.41) is 14.6. The minimum Gasteiger partial charge on any atom is -0.467 e. The molecule has 2 aromatic carbocycles. The van der Waals surface area contributed by atoms with Crippen LogP contribution in [0.15, 0.2) is 47.3 Å². The van der Waals surface area contributed by atoms with Gasteiger partial charge in [0.1, 0.15) is 28.9 Å². The van der Waals surface area contributed by atoms with Crippen LogP contribution in [0.5, 0.6) is 6.01 Å². The number of allylic oxidation sites excluding steroid dienone is 2. The van der Waals surface area contributed by atoms with Crippen molar-refractivity contribution in [1.29, 1.82) is 5.26 Å². The molecule has 0 bridgehead atoms. The van der Waals surface area contributed by atoms with E-state index >= 15 is 8.78 Å². The summed E-state index contributed by atoms with van der Waals surface area (Å²) in [7, 11) is 1.38. The molecule has 1 unspecified atom stereocenters. The van der Waals surface area contributed by atoms with Gasteiger partial charge in [0.2, 0.25) is 5.91 Å². The molecule has 14 heteroatoms. The number of benzene rings is 2. The van der Waals surface area contributed by atoms with E-state index < -0.39 is 17.3 Å². The van der Waals surface area contributed by atoms with Crippen LogP contribution in [-0.4, -0.2) is 64.9 Å². The smallest absolute Gasteiger partial charge is 0.318 e. The Kier molecular flexibility index (Phi) is 11.5. The molecule has 4 aromatic rings. The van der Waals surface area contributed by atoms with Crippen LogP contribution in [0, 0.1) is 23.0 Å². The first-order valence-electron chi connectivity index (χ1n) is 16.8. The number of rotatable bonds is 10. The number of nitrogens with zero attached hydrogens (tertiary/aromatic N) is 6. The maximum atomic E-state index is 16.8. The van der Waals surface area contributed by atoms with Gasteiger partial charge in [-0.15, -0.1) is 11.3 Å². The molecule has 1 atom stereocenters. The van der Waals surface area contributed by atoms with Crippen molar-refractivity contribution in [2.75, 3.05) is 31.6 Å². The number of halogens is 4. The number of anilines is 1. The highest BCUT2D eigenvalue weighted by Gasteiger charge is 2.31. The predicted octanol–water partition coefficient (Wildman–Crippen LogP) is 9.47. The molecule has 1 aliphatic heterocycles. The largest absolute Gasteiger partial charge is 0.467 e. The van der Waals surface area contributed by atoms with Crippen LogP contribution in [0.25, 0.3) is 32.1 Å². The summed E-state index contributed by atoms with van der Waals surface area (Å²) in [6, 6.07) is 6.09. The monoisotopic (exact) mass is 752 g/mol. The number of nitriles is 1. The third kappa shape index (κ3) is 7.59. The van der Waals surface area contributed by atoms with Gasteiger partial charge in [-0.1, -0.05) is 43.6 Å². The number of piperazine rings is 1. The van der Waals surface area contributed by atoms with E-state index in [1.165, 1.54) is 63.5 Å². The zero-order chi connectivity index (χ0) is 38.1. The molecule has 0 radical (unpaired) electrons. The van der Waals surface area contributed by atoms with Crippen molar-refractivity contribution in [3.8, 4) is 23.2 Å². The molecule has 0 spiro atoms. The molecule has 9 nitrogen and oxygen atoms in total. The Morgan fingerprint density at radius 3 is 2.60 bits per heavy atom. The molecular formula is C38H40ClF3N6O3S. The van der Waals surface area contributed by atoms with Gasteiger partial charge in [0.25, 0.3) is 0 Å². The average molecular weight is 753 g/mol. The second-order valence-corrected chi connectivity index (χ2v) is 14.8. The SMILES string of the molecule is CC/C=C(\C=C\C(=O)N1CCN(c2nc(OC)nc3c(F)c(-c4ccc(F)c5sc(C(C)C)c(C#N)c45)c(Cl)cc23)CC1C)O/N=C(\C)C(C)(C)F. The molecular weight excluding hydrogens is 713 g/mol. The van der Waals surface area contributed by atoms with Gasteiger partial charge in [-0.2, -0.15) is 15.2 Å². The Bertz CT molecular complexity index is 2170. The minimum absolute atomic E-state index is 0.0132. The molecule has 0 aliphatic carbocycles. The lowest BCUT2D eigenvalue weighted by Gasteiger charge is -2.40. The van der Waals surface area contributed by atoms with Crippen molar-refractivity contribution in [2.45, 2.75) is 72.5 Å². The van der Waals surface area contributed by atoms with E-state index in [9.17, 15) is 14.4 Å². The standard InChI is InChI=1S/C38H40ClF3N6O3S/c1-9-10-23(51-46-22(5)38(6,7)42)11-14-29(49)48-16-15-47(19-21(48)4)36-25-17-27(39)31(32(41)33(25)44-37(45-36)50-8)24-12-13-28(40)35-30(24)26(18-43)34(52-35)20(2)3/h10-14,17,20-21H,9,15-16,19H2,1-8H3/b14-11+,23-10+,46-22+. The fraction of sp³-hybridized carbons (Fsp3) is 0.395. The van der Waals surface area contributed by atoms with E-state index in [1.807, 2.05) is 32.6 Å². The summed E-state index contributed by atoms with van der Waals surface area (Å²) in [4.78, 5) is 32.0. The van der Waals surface area contributed by atoms with Gasteiger partial charge >= 0.3 is 6.01 Å². The van der Waals surface area contributed by atoms with Crippen LogP contribution < -0.4 is 9.64 Å². The summed E-state index contributed by atoms with van der Waals surface area (Å²) < 4.78 is 51.7. The summed E-state index contributed by atoms with van der Waals surface area (Å²) in [5.41, 5.74) is -0.996. The third-order valence-corrected chi connectivity index (χ3v) is 10.7. The van der Waals surface area contributed by atoms with Crippen LogP contribution in [-0.2, 0) is 9.63 Å². The normalized spacial score (nSPS) is 16.0. The van der Waals surface area contributed by atoms with Crippen molar-refractivity contribution in [3.05, 3.63) is 69.3 Å². The second-order valence-electron chi connectivity index (χ2n) is 13.3. The highest BCUT2D eigenvalue weighted by atomic mass is 35.5. The van der Waals surface area contributed by atoms with Gasteiger partial charge < -0.3 is 19.4 Å². The van der Waals surface area contributed by atoms with E-state index in [0.29, 0.717) is 53.3 Å². The number of hydrogen-bond donors (Lipinski definition) is 0. The first kappa shape index (κ1) is 38.6. The Hall–Kier alpha value is -4.67. The van der Waals surface area contributed by atoms with Crippen LogP contribution in [0.3, 0.4) is 0 Å². The van der Waals surface area contributed by atoms with Gasteiger partial charge in [0.15, 0.2) is 11.6 Å². The van der Waals surface area contributed by atoms with Crippen molar-refractivity contribution >= 4 is 61.4 Å². The first-order valence-corrected chi connectivity index (χ1v) is 18.0. The van der Waals surface area contributed by atoms with Crippen molar-refractivity contribution < 1.29 is 27.5 Å². The molecule has 0 N–H and O–H groups in total. The van der Waals surface area contributed by atoms with E-state index in [0.717, 1.165) is 0 Å². The molecule has 3 heterocycles. The van der Waals surface area contributed by atoms with Crippen LogP contribution in [0.4, 0.5) is 19.0 Å². The highest BCUT2D eigenvalue weighted by Crippen LogP contribution is 2.46. The van der Waals surface area contributed by atoms with Crippen LogP contribution in [0.1, 0.15) is 71.2 Å². The van der Waals surface area contributed by atoms with E-state index in [-0.39, 0.29) is 61.5 Å². The Morgan fingerprint density at radius 2 is 1.98 bits per heavy atom.